The summed E-state index contributed by atoms with van der Waals surface area (Å²) in [7, 11) is 1.69. The van der Waals surface area contributed by atoms with Crippen molar-refractivity contribution in [3.63, 3.8) is 0 Å². The first-order chi connectivity index (χ1) is 13.7. The van der Waals surface area contributed by atoms with E-state index in [2.05, 4.69) is 55.1 Å². The van der Waals surface area contributed by atoms with Gasteiger partial charge in [0.05, 0.1) is 18.4 Å². The molecule has 0 bridgehead atoms. The number of hydrogen-bond acceptors (Lipinski definition) is 4. The van der Waals surface area contributed by atoms with E-state index in [0.717, 1.165) is 6.54 Å². The summed E-state index contributed by atoms with van der Waals surface area (Å²) in [5, 5.41) is 9.03. The lowest BCUT2D eigenvalue weighted by atomic mass is 10.1. The zero-order valence-corrected chi connectivity index (χ0v) is 16.3. The molecule has 0 atom stereocenters. The third-order valence-corrected chi connectivity index (χ3v) is 4.67. The molecule has 1 saturated heterocycles. The van der Waals surface area contributed by atoms with Crippen molar-refractivity contribution in [2.24, 2.45) is 4.99 Å². The van der Waals surface area contributed by atoms with Crippen LogP contribution in [-0.2, 0) is 17.9 Å². The van der Waals surface area contributed by atoms with Gasteiger partial charge in [-0.05, 0) is 49.2 Å². The fourth-order valence-corrected chi connectivity index (χ4v) is 3.17. The molecule has 1 aliphatic rings. The molecule has 1 aromatic heterocycles. The van der Waals surface area contributed by atoms with Crippen LogP contribution in [0.5, 0.6) is 0 Å². The quantitative estimate of drug-likeness (QED) is 0.505. The van der Waals surface area contributed by atoms with E-state index in [1.165, 1.54) is 37.1 Å². The highest BCUT2D eigenvalue weighted by Gasteiger charge is 2.11. The van der Waals surface area contributed by atoms with Crippen molar-refractivity contribution in [3.8, 4) is 0 Å². The maximum Gasteiger partial charge on any atom is 0.243 e. The van der Waals surface area contributed by atoms with Crippen LogP contribution in [0.25, 0.3) is 0 Å². The standard InChI is InChI=1S/C21H28N6O/c1-22-21(25-15-20(28)26-19-5-4-10-23-14-19)24-13-17-6-8-18(9-7-17)16-27-11-2-3-12-27/h4-10,14H,2-3,11-13,15-16H2,1H3,(H,26,28)(H2,22,24,25). The maximum absolute atomic E-state index is 12.0. The normalized spacial score (nSPS) is 14.7. The van der Waals surface area contributed by atoms with Crippen LogP contribution in [0.1, 0.15) is 24.0 Å². The second-order valence-corrected chi connectivity index (χ2v) is 6.87. The number of nitrogens with one attached hydrogen (secondary N) is 3. The lowest BCUT2D eigenvalue weighted by molar-refractivity contribution is -0.115. The molecule has 0 radical (unpaired) electrons. The Labute approximate surface area is 166 Å². The highest BCUT2D eigenvalue weighted by atomic mass is 16.1. The number of anilines is 1. The molecule has 1 fully saturated rings. The predicted molar refractivity (Wildman–Crippen MR) is 112 cm³/mol. The third-order valence-electron chi connectivity index (χ3n) is 4.67. The molecule has 0 unspecified atom stereocenters. The Bertz CT molecular complexity index is 769. The lowest BCUT2D eigenvalue weighted by Crippen LogP contribution is -2.41. The molecule has 2 aromatic rings. The van der Waals surface area contributed by atoms with E-state index in [1.807, 2.05) is 0 Å². The van der Waals surface area contributed by atoms with Gasteiger partial charge >= 0.3 is 0 Å². The van der Waals surface area contributed by atoms with E-state index in [1.54, 1.807) is 31.6 Å². The minimum absolute atomic E-state index is 0.128. The van der Waals surface area contributed by atoms with Crippen LogP contribution in [0.15, 0.2) is 53.8 Å². The fourth-order valence-electron chi connectivity index (χ4n) is 3.17. The summed E-state index contributed by atoms with van der Waals surface area (Å²) in [6, 6.07) is 12.2. The number of pyridine rings is 1. The second kappa shape index (κ2) is 10.4. The lowest BCUT2D eigenvalue weighted by Gasteiger charge is -2.15. The average Bonchev–Trinajstić information content (AvgIpc) is 3.23. The van der Waals surface area contributed by atoms with Gasteiger partial charge in [0.1, 0.15) is 0 Å². The first kappa shape index (κ1) is 19.8. The summed E-state index contributed by atoms with van der Waals surface area (Å²) < 4.78 is 0. The van der Waals surface area contributed by atoms with Gasteiger partial charge in [0.2, 0.25) is 5.91 Å². The van der Waals surface area contributed by atoms with Crippen LogP contribution in [-0.4, -0.2) is 48.4 Å². The van der Waals surface area contributed by atoms with E-state index in [-0.39, 0.29) is 12.5 Å². The van der Waals surface area contributed by atoms with Crippen molar-refractivity contribution in [2.45, 2.75) is 25.9 Å². The summed E-state index contributed by atoms with van der Waals surface area (Å²) in [6.45, 7) is 4.22. The smallest absolute Gasteiger partial charge is 0.243 e. The van der Waals surface area contributed by atoms with E-state index in [4.69, 9.17) is 0 Å². The number of nitrogens with zero attached hydrogens (tertiary/aromatic N) is 3. The number of hydrogen-bond donors (Lipinski definition) is 3. The van der Waals surface area contributed by atoms with Gasteiger partial charge in [0.15, 0.2) is 5.96 Å². The molecule has 1 aromatic carbocycles. The van der Waals surface area contributed by atoms with Gasteiger partial charge in [-0.3, -0.25) is 19.7 Å². The molecule has 3 rings (SSSR count). The Morgan fingerprint density at radius 3 is 2.54 bits per heavy atom. The molecular weight excluding hydrogens is 352 g/mol. The van der Waals surface area contributed by atoms with Gasteiger partial charge in [-0.1, -0.05) is 24.3 Å². The second-order valence-electron chi connectivity index (χ2n) is 6.87. The number of carbonyl (C=O) groups is 1. The van der Waals surface area contributed by atoms with Gasteiger partial charge in [-0.15, -0.1) is 0 Å². The zero-order valence-electron chi connectivity index (χ0n) is 16.3. The summed E-state index contributed by atoms with van der Waals surface area (Å²) in [5.74, 6) is 0.435. The van der Waals surface area contributed by atoms with Crippen molar-refractivity contribution < 1.29 is 4.79 Å². The van der Waals surface area contributed by atoms with Crippen LogP contribution in [0.3, 0.4) is 0 Å². The fraction of sp³-hybridized carbons (Fsp3) is 0.381. The van der Waals surface area contributed by atoms with Crippen LogP contribution in [0.2, 0.25) is 0 Å². The Balaban J connectivity index is 1.40. The van der Waals surface area contributed by atoms with E-state index in [0.29, 0.717) is 18.2 Å². The van der Waals surface area contributed by atoms with Crippen LogP contribution in [0.4, 0.5) is 5.69 Å². The number of rotatable bonds is 7. The van der Waals surface area contributed by atoms with Crippen molar-refractivity contribution in [3.05, 3.63) is 59.9 Å². The number of amides is 1. The molecule has 1 amide bonds. The Morgan fingerprint density at radius 1 is 1.11 bits per heavy atom. The van der Waals surface area contributed by atoms with Gasteiger partial charge < -0.3 is 16.0 Å². The Hall–Kier alpha value is -2.93. The van der Waals surface area contributed by atoms with E-state index >= 15 is 0 Å². The van der Waals surface area contributed by atoms with E-state index in [9.17, 15) is 4.79 Å². The Morgan fingerprint density at radius 2 is 1.86 bits per heavy atom. The molecule has 0 aliphatic carbocycles. The van der Waals surface area contributed by atoms with Crippen LogP contribution in [0, 0.1) is 0 Å². The SMILES string of the molecule is CN=C(NCC(=O)Nc1cccnc1)NCc1ccc(CN2CCCC2)cc1. The van der Waals surface area contributed by atoms with Gasteiger partial charge in [0, 0.05) is 26.3 Å². The largest absolute Gasteiger partial charge is 0.352 e. The van der Waals surface area contributed by atoms with Crippen molar-refractivity contribution in [1.29, 1.82) is 0 Å². The van der Waals surface area contributed by atoms with Gasteiger partial charge in [0.25, 0.3) is 0 Å². The number of guanidine groups is 1. The molecule has 0 spiro atoms. The van der Waals surface area contributed by atoms with Gasteiger partial charge in [-0.25, -0.2) is 0 Å². The van der Waals surface area contributed by atoms with Gasteiger partial charge in [-0.2, -0.15) is 0 Å². The third kappa shape index (κ3) is 6.35. The summed E-state index contributed by atoms with van der Waals surface area (Å²) in [4.78, 5) is 22.6. The minimum atomic E-state index is -0.151. The first-order valence-electron chi connectivity index (χ1n) is 9.67. The molecule has 0 saturated carbocycles. The predicted octanol–water partition coefficient (Wildman–Crippen LogP) is 1.98. The number of carbonyl (C=O) groups excluding carboxylic acids is 1. The minimum Gasteiger partial charge on any atom is -0.352 e. The van der Waals surface area contributed by atoms with Crippen molar-refractivity contribution >= 4 is 17.6 Å². The molecule has 148 valence electrons. The number of aliphatic imine (C=N–C) groups is 1. The maximum atomic E-state index is 12.0. The molecular formula is C21H28N6O. The number of aromatic nitrogens is 1. The highest BCUT2D eigenvalue weighted by molar-refractivity contribution is 5.94. The Kier molecular flexibility index (Phi) is 7.37. The van der Waals surface area contributed by atoms with Crippen LogP contribution >= 0.6 is 0 Å². The molecule has 1 aliphatic heterocycles. The molecule has 28 heavy (non-hydrogen) atoms. The zero-order chi connectivity index (χ0) is 19.6. The van der Waals surface area contributed by atoms with Crippen molar-refractivity contribution in [1.82, 2.24) is 20.5 Å². The molecule has 2 heterocycles. The van der Waals surface area contributed by atoms with E-state index < -0.39 is 0 Å². The summed E-state index contributed by atoms with van der Waals surface area (Å²) in [6.07, 6.45) is 5.90. The molecule has 7 nitrogen and oxygen atoms in total. The molecule has 3 N–H and O–H groups in total. The molecule has 7 heteroatoms. The van der Waals surface area contributed by atoms with Crippen molar-refractivity contribution in [2.75, 3.05) is 32.0 Å². The monoisotopic (exact) mass is 380 g/mol. The first-order valence-corrected chi connectivity index (χ1v) is 9.67. The number of likely N-dealkylation sites (tertiary alicyclic amines) is 1. The topological polar surface area (TPSA) is 81.6 Å². The van der Waals surface area contributed by atoms with Crippen LogP contribution < -0.4 is 16.0 Å². The summed E-state index contributed by atoms with van der Waals surface area (Å²) in [5.41, 5.74) is 3.19. The summed E-state index contributed by atoms with van der Waals surface area (Å²) >= 11 is 0. The average molecular weight is 380 g/mol. The highest BCUT2D eigenvalue weighted by Crippen LogP contribution is 2.13. The number of benzene rings is 1.